The van der Waals surface area contributed by atoms with Crippen molar-refractivity contribution in [1.29, 1.82) is 0 Å². The second kappa shape index (κ2) is 7.40. The van der Waals surface area contributed by atoms with Gasteiger partial charge in [0.25, 0.3) is 5.91 Å². The second-order valence-electron chi connectivity index (χ2n) is 5.45. The molecule has 6 heteroatoms. The lowest BCUT2D eigenvalue weighted by Gasteiger charge is -2.08. The number of hydrogen-bond acceptors (Lipinski definition) is 3. The first-order chi connectivity index (χ1) is 12.1. The Bertz CT molecular complexity index is 891. The summed E-state index contributed by atoms with van der Waals surface area (Å²) in [6.07, 6.45) is 0. The van der Waals surface area contributed by atoms with E-state index in [9.17, 15) is 4.79 Å². The van der Waals surface area contributed by atoms with Crippen molar-refractivity contribution < 1.29 is 9.53 Å². The van der Waals surface area contributed by atoms with Gasteiger partial charge in [0, 0.05) is 11.4 Å². The van der Waals surface area contributed by atoms with E-state index in [1.54, 1.807) is 28.9 Å². The Labute approximate surface area is 151 Å². The van der Waals surface area contributed by atoms with E-state index in [2.05, 4.69) is 10.4 Å². The minimum Gasteiger partial charge on any atom is -0.492 e. The average Bonchev–Trinajstić information content (AvgIpc) is 3.00. The van der Waals surface area contributed by atoms with Crippen molar-refractivity contribution in [1.82, 2.24) is 9.78 Å². The van der Waals surface area contributed by atoms with Crippen LogP contribution in [-0.4, -0.2) is 22.3 Å². The molecule has 0 saturated carbocycles. The number of ether oxygens (including phenoxy) is 1. The summed E-state index contributed by atoms with van der Waals surface area (Å²) in [6, 6.07) is 16.6. The summed E-state index contributed by atoms with van der Waals surface area (Å²) < 4.78 is 7.13. The molecule has 0 aliphatic rings. The SMILES string of the molecule is CCOc1ccc(NC(=O)c2cc(C)n(-c3ccccc3)n2)cc1Cl. The van der Waals surface area contributed by atoms with Gasteiger partial charge in [0.1, 0.15) is 5.75 Å². The molecule has 1 N–H and O–H groups in total. The van der Waals surface area contributed by atoms with Gasteiger partial charge in [0.05, 0.1) is 17.3 Å². The highest BCUT2D eigenvalue weighted by Crippen LogP contribution is 2.27. The maximum absolute atomic E-state index is 12.5. The molecule has 128 valence electrons. The van der Waals surface area contributed by atoms with Crippen molar-refractivity contribution in [2.45, 2.75) is 13.8 Å². The van der Waals surface area contributed by atoms with Gasteiger partial charge in [0.15, 0.2) is 5.69 Å². The summed E-state index contributed by atoms with van der Waals surface area (Å²) >= 11 is 6.15. The number of amides is 1. The molecule has 3 aromatic rings. The van der Waals surface area contributed by atoms with Crippen LogP contribution in [0.5, 0.6) is 5.75 Å². The third-order valence-electron chi connectivity index (χ3n) is 3.61. The van der Waals surface area contributed by atoms with Gasteiger partial charge in [-0.15, -0.1) is 0 Å². The van der Waals surface area contributed by atoms with Crippen LogP contribution >= 0.6 is 11.6 Å². The summed E-state index contributed by atoms with van der Waals surface area (Å²) in [5.41, 5.74) is 2.71. The van der Waals surface area contributed by atoms with Crippen LogP contribution in [0.15, 0.2) is 54.6 Å². The molecule has 0 bridgehead atoms. The monoisotopic (exact) mass is 355 g/mol. The second-order valence-corrected chi connectivity index (χ2v) is 5.86. The maximum Gasteiger partial charge on any atom is 0.276 e. The van der Waals surface area contributed by atoms with E-state index in [0.717, 1.165) is 11.4 Å². The summed E-state index contributed by atoms with van der Waals surface area (Å²) in [5, 5.41) is 7.65. The van der Waals surface area contributed by atoms with Crippen molar-refractivity contribution in [2.24, 2.45) is 0 Å². The van der Waals surface area contributed by atoms with Crippen LogP contribution in [0.4, 0.5) is 5.69 Å². The van der Waals surface area contributed by atoms with Crippen LogP contribution in [0.2, 0.25) is 5.02 Å². The minimum absolute atomic E-state index is 0.294. The quantitative estimate of drug-likeness (QED) is 0.733. The van der Waals surface area contributed by atoms with Crippen molar-refractivity contribution in [2.75, 3.05) is 11.9 Å². The number of hydrogen-bond donors (Lipinski definition) is 1. The van der Waals surface area contributed by atoms with E-state index < -0.39 is 0 Å². The summed E-state index contributed by atoms with van der Waals surface area (Å²) in [5.74, 6) is 0.296. The number of carbonyl (C=O) groups is 1. The molecule has 1 heterocycles. The third-order valence-corrected chi connectivity index (χ3v) is 3.91. The summed E-state index contributed by atoms with van der Waals surface area (Å²) in [4.78, 5) is 12.5. The van der Waals surface area contributed by atoms with Crippen molar-refractivity contribution in [3.05, 3.63) is 71.0 Å². The number of rotatable bonds is 5. The normalized spacial score (nSPS) is 10.5. The number of nitrogens with one attached hydrogen (secondary N) is 1. The molecule has 1 aromatic heterocycles. The van der Waals surface area contributed by atoms with Crippen LogP contribution in [-0.2, 0) is 0 Å². The first-order valence-electron chi connectivity index (χ1n) is 7.94. The van der Waals surface area contributed by atoms with Gasteiger partial charge in [-0.2, -0.15) is 5.10 Å². The standard InChI is InChI=1S/C19H18ClN3O2/c1-3-25-18-10-9-14(12-16(18)20)21-19(24)17-11-13(2)23(22-17)15-7-5-4-6-8-15/h4-12H,3H2,1-2H3,(H,21,24). The van der Waals surface area contributed by atoms with Gasteiger partial charge >= 0.3 is 0 Å². The molecule has 0 spiro atoms. The van der Waals surface area contributed by atoms with Crippen LogP contribution in [0.3, 0.4) is 0 Å². The van der Waals surface area contributed by atoms with Gasteiger partial charge in [-0.05, 0) is 50.2 Å². The van der Waals surface area contributed by atoms with E-state index in [4.69, 9.17) is 16.3 Å². The summed E-state index contributed by atoms with van der Waals surface area (Å²) in [6.45, 7) is 4.32. The number of carbonyl (C=O) groups excluding carboxylic acids is 1. The van der Waals surface area contributed by atoms with Gasteiger partial charge in [-0.1, -0.05) is 29.8 Å². The van der Waals surface area contributed by atoms with Gasteiger partial charge in [0.2, 0.25) is 0 Å². The summed E-state index contributed by atoms with van der Waals surface area (Å²) in [7, 11) is 0. The molecular formula is C19H18ClN3O2. The molecule has 0 aliphatic heterocycles. The highest BCUT2D eigenvalue weighted by atomic mass is 35.5. The highest BCUT2D eigenvalue weighted by molar-refractivity contribution is 6.32. The number of para-hydroxylation sites is 1. The lowest BCUT2D eigenvalue weighted by molar-refractivity contribution is 0.102. The number of aromatic nitrogens is 2. The molecule has 0 radical (unpaired) electrons. The zero-order chi connectivity index (χ0) is 17.8. The Hall–Kier alpha value is -2.79. The van der Waals surface area contributed by atoms with Crippen molar-refractivity contribution in [3.8, 4) is 11.4 Å². The van der Waals surface area contributed by atoms with Gasteiger partial charge in [-0.3, -0.25) is 4.79 Å². The fraction of sp³-hybridized carbons (Fsp3) is 0.158. The number of benzene rings is 2. The lowest BCUT2D eigenvalue weighted by atomic mass is 10.2. The Kier molecular flexibility index (Phi) is 5.05. The minimum atomic E-state index is -0.294. The Balaban J connectivity index is 1.79. The molecule has 0 aliphatic carbocycles. The Morgan fingerprint density at radius 1 is 1.20 bits per heavy atom. The van der Waals surface area contributed by atoms with E-state index in [1.807, 2.05) is 44.2 Å². The molecule has 3 rings (SSSR count). The first kappa shape index (κ1) is 17.0. The van der Waals surface area contributed by atoms with E-state index >= 15 is 0 Å². The molecule has 2 aromatic carbocycles. The predicted octanol–water partition coefficient (Wildman–Crippen LogP) is 4.49. The molecule has 5 nitrogen and oxygen atoms in total. The maximum atomic E-state index is 12.5. The number of aryl methyl sites for hydroxylation is 1. The van der Waals surface area contributed by atoms with Gasteiger partial charge in [-0.25, -0.2) is 4.68 Å². The lowest BCUT2D eigenvalue weighted by Crippen LogP contribution is -2.13. The van der Waals surface area contributed by atoms with Crippen molar-refractivity contribution in [3.63, 3.8) is 0 Å². The largest absolute Gasteiger partial charge is 0.492 e. The number of halogens is 1. The molecule has 0 saturated heterocycles. The van der Waals surface area contributed by atoms with E-state index in [-0.39, 0.29) is 5.91 Å². The zero-order valence-corrected chi connectivity index (χ0v) is 14.7. The van der Waals surface area contributed by atoms with Crippen molar-refractivity contribution >= 4 is 23.2 Å². The fourth-order valence-corrected chi connectivity index (χ4v) is 2.70. The highest BCUT2D eigenvalue weighted by Gasteiger charge is 2.14. The van der Waals surface area contributed by atoms with Gasteiger partial charge < -0.3 is 10.1 Å². The average molecular weight is 356 g/mol. The Morgan fingerprint density at radius 2 is 1.96 bits per heavy atom. The Morgan fingerprint density at radius 3 is 2.64 bits per heavy atom. The predicted molar refractivity (Wildman–Crippen MR) is 98.9 cm³/mol. The van der Waals surface area contributed by atoms with E-state index in [1.165, 1.54) is 0 Å². The smallest absolute Gasteiger partial charge is 0.276 e. The number of anilines is 1. The first-order valence-corrected chi connectivity index (χ1v) is 8.32. The molecular weight excluding hydrogens is 338 g/mol. The van der Waals surface area contributed by atoms with E-state index in [0.29, 0.717) is 28.8 Å². The molecule has 1 amide bonds. The van der Waals surface area contributed by atoms with Crippen LogP contribution in [0.1, 0.15) is 23.1 Å². The molecule has 25 heavy (non-hydrogen) atoms. The fourth-order valence-electron chi connectivity index (χ4n) is 2.46. The topological polar surface area (TPSA) is 56.1 Å². The molecule has 0 atom stereocenters. The number of nitrogens with zero attached hydrogens (tertiary/aromatic N) is 2. The third kappa shape index (κ3) is 3.83. The van der Waals surface area contributed by atoms with Crippen LogP contribution in [0.25, 0.3) is 5.69 Å². The molecule has 0 fully saturated rings. The van der Waals surface area contributed by atoms with Crippen LogP contribution in [0, 0.1) is 6.92 Å². The molecule has 0 unspecified atom stereocenters. The van der Waals surface area contributed by atoms with Crippen LogP contribution < -0.4 is 10.1 Å². The zero-order valence-electron chi connectivity index (χ0n) is 14.0.